The van der Waals surface area contributed by atoms with Crippen LogP contribution in [-0.4, -0.2) is 24.6 Å². The van der Waals surface area contributed by atoms with E-state index in [2.05, 4.69) is 6.58 Å². The van der Waals surface area contributed by atoms with E-state index in [0.29, 0.717) is 6.61 Å². The van der Waals surface area contributed by atoms with Gasteiger partial charge in [-0.2, -0.15) is 0 Å². The van der Waals surface area contributed by atoms with E-state index >= 15 is 0 Å². The minimum absolute atomic E-state index is 0.215. The molecule has 1 atom stereocenters. The van der Waals surface area contributed by atoms with Gasteiger partial charge in [0.2, 0.25) is 0 Å². The van der Waals surface area contributed by atoms with Crippen LogP contribution in [0.5, 0.6) is 0 Å². The lowest BCUT2D eigenvalue weighted by Gasteiger charge is -2.23. The molecule has 1 saturated heterocycles. The molecule has 0 amide bonds. The number of rotatable bonds is 1. The molecule has 132 valence electrons. The van der Waals surface area contributed by atoms with Gasteiger partial charge in [-0.1, -0.05) is 58.6 Å². The molecule has 0 aromatic rings. The Labute approximate surface area is 140 Å². The van der Waals surface area contributed by atoms with Gasteiger partial charge in [-0.25, -0.2) is 0 Å². The van der Waals surface area contributed by atoms with Crippen LogP contribution < -0.4 is 0 Å². The third-order valence-corrected chi connectivity index (χ3v) is 4.19. The zero-order valence-electron chi connectivity index (χ0n) is 14.8. The number of hydrogen-bond donors (Lipinski definition) is 0. The molecule has 0 aromatic carbocycles. The summed E-state index contributed by atoms with van der Waals surface area (Å²) >= 11 is 0. The lowest BCUT2D eigenvalue weighted by Crippen LogP contribution is -2.26. The van der Waals surface area contributed by atoms with Crippen LogP contribution in [0.4, 0.5) is 0 Å². The van der Waals surface area contributed by atoms with Crippen molar-refractivity contribution in [1.82, 2.24) is 0 Å². The predicted molar refractivity (Wildman–Crippen MR) is 91.0 cm³/mol. The highest BCUT2D eigenvalue weighted by molar-refractivity contribution is 5.74. The van der Waals surface area contributed by atoms with Gasteiger partial charge >= 0.3 is 11.9 Å². The molecule has 1 rings (SSSR count). The van der Waals surface area contributed by atoms with E-state index in [9.17, 15) is 9.59 Å². The van der Waals surface area contributed by atoms with E-state index in [4.69, 9.17) is 9.47 Å². The van der Waals surface area contributed by atoms with Crippen LogP contribution in [0.1, 0.15) is 78.1 Å². The van der Waals surface area contributed by atoms with Gasteiger partial charge in [-0.15, -0.1) is 0 Å². The van der Waals surface area contributed by atoms with Crippen molar-refractivity contribution in [3.8, 4) is 0 Å². The second-order valence-electron chi connectivity index (χ2n) is 7.27. The summed E-state index contributed by atoms with van der Waals surface area (Å²) in [4.78, 5) is 24.0. The molecule has 4 heteroatoms. The highest BCUT2D eigenvalue weighted by atomic mass is 16.5. The molecule has 1 fully saturated rings. The van der Waals surface area contributed by atoms with E-state index in [1.165, 1.54) is 19.3 Å². The van der Waals surface area contributed by atoms with Gasteiger partial charge < -0.3 is 9.47 Å². The molecule has 1 aliphatic heterocycles. The molecule has 1 heterocycles. The zero-order valence-corrected chi connectivity index (χ0v) is 14.8. The third-order valence-electron chi connectivity index (χ3n) is 4.19. The summed E-state index contributed by atoms with van der Waals surface area (Å²) in [6, 6.07) is 0. The molecular weight excluding hydrogens is 292 g/mol. The maximum atomic E-state index is 12.1. The van der Waals surface area contributed by atoms with E-state index < -0.39 is 5.41 Å². The van der Waals surface area contributed by atoms with Crippen molar-refractivity contribution >= 4 is 11.9 Å². The maximum Gasteiger partial charge on any atom is 0.306 e. The molecule has 0 spiro atoms. The Morgan fingerprint density at radius 3 is 2.17 bits per heavy atom. The van der Waals surface area contributed by atoms with Gasteiger partial charge in [0.05, 0.1) is 19.4 Å². The Bertz CT molecular complexity index is 387. The third kappa shape index (κ3) is 9.42. The van der Waals surface area contributed by atoms with Gasteiger partial charge in [0, 0.05) is 0 Å². The molecule has 0 bridgehead atoms. The fourth-order valence-corrected chi connectivity index (χ4v) is 2.85. The number of carbonyl (C=O) groups is 2. The van der Waals surface area contributed by atoms with Crippen molar-refractivity contribution in [2.45, 2.75) is 84.2 Å². The van der Waals surface area contributed by atoms with Crippen molar-refractivity contribution in [1.29, 1.82) is 0 Å². The van der Waals surface area contributed by atoms with Gasteiger partial charge in [-0.3, -0.25) is 9.59 Å². The fourth-order valence-electron chi connectivity index (χ4n) is 2.85. The summed E-state index contributed by atoms with van der Waals surface area (Å²) < 4.78 is 10.8. The molecule has 0 radical (unpaired) electrons. The first-order valence-electron chi connectivity index (χ1n) is 8.90. The van der Waals surface area contributed by atoms with E-state index in [1.54, 1.807) is 6.08 Å². The zero-order chi connectivity index (χ0) is 17.1. The summed E-state index contributed by atoms with van der Waals surface area (Å²) in [5, 5.41) is 0. The molecule has 23 heavy (non-hydrogen) atoms. The minimum Gasteiger partial charge on any atom is -0.466 e. The van der Waals surface area contributed by atoms with Crippen LogP contribution in [0.3, 0.4) is 0 Å². The van der Waals surface area contributed by atoms with Gasteiger partial charge in [0.15, 0.2) is 0 Å². The first-order valence-corrected chi connectivity index (χ1v) is 8.90. The Kier molecular flexibility index (Phi) is 8.97. The Hall–Kier alpha value is -1.32. The SMILES string of the molecule is C=C[C@H]1CCCCCCCCCOC(=O)CC(C)(C)CC(=O)O1. The minimum atomic E-state index is -0.451. The van der Waals surface area contributed by atoms with Crippen LogP contribution in [0.25, 0.3) is 0 Å². The van der Waals surface area contributed by atoms with Crippen LogP contribution in [0, 0.1) is 5.41 Å². The van der Waals surface area contributed by atoms with E-state index in [-0.39, 0.29) is 30.9 Å². The molecule has 0 aromatic heterocycles. The summed E-state index contributed by atoms with van der Waals surface area (Å²) in [7, 11) is 0. The first kappa shape index (κ1) is 19.7. The largest absolute Gasteiger partial charge is 0.466 e. The van der Waals surface area contributed by atoms with E-state index in [1.807, 2.05) is 13.8 Å². The Morgan fingerprint density at radius 2 is 1.52 bits per heavy atom. The summed E-state index contributed by atoms with van der Waals surface area (Å²) in [6.45, 7) is 8.03. The first-order chi connectivity index (χ1) is 10.9. The maximum absolute atomic E-state index is 12.1. The van der Waals surface area contributed by atoms with Crippen molar-refractivity contribution in [3.05, 3.63) is 12.7 Å². The fraction of sp³-hybridized carbons (Fsp3) is 0.789. The summed E-state index contributed by atoms with van der Waals surface area (Å²) in [6.07, 6.45) is 10.6. The number of ether oxygens (including phenoxy) is 2. The Balaban J connectivity index is 2.59. The molecule has 0 saturated carbocycles. The van der Waals surface area contributed by atoms with Gasteiger partial charge in [0.1, 0.15) is 6.10 Å². The topological polar surface area (TPSA) is 52.6 Å². The highest BCUT2D eigenvalue weighted by Crippen LogP contribution is 2.27. The number of cyclic esters (lactones) is 2. The predicted octanol–water partition coefficient (Wildman–Crippen LogP) is 4.57. The van der Waals surface area contributed by atoms with Crippen molar-refractivity contribution < 1.29 is 19.1 Å². The Morgan fingerprint density at radius 1 is 0.957 bits per heavy atom. The molecule has 1 aliphatic rings. The smallest absolute Gasteiger partial charge is 0.306 e. The summed E-state index contributed by atoms with van der Waals surface area (Å²) in [5.74, 6) is -0.496. The monoisotopic (exact) mass is 324 g/mol. The highest BCUT2D eigenvalue weighted by Gasteiger charge is 2.28. The average Bonchev–Trinajstić information content (AvgIpc) is 2.45. The lowest BCUT2D eigenvalue weighted by atomic mass is 9.86. The normalized spacial score (nSPS) is 25.7. The van der Waals surface area contributed by atoms with Crippen LogP contribution in [-0.2, 0) is 19.1 Å². The number of esters is 2. The van der Waals surface area contributed by atoms with Gasteiger partial charge in [0.25, 0.3) is 0 Å². The van der Waals surface area contributed by atoms with Gasteiger partial charge in [-0.05, 0) is 24.7 Å². The summed E-state index contributed by atoms with van der Waals surface area (Å²) in [5.41, 5.74) is -0.451. The van der Waals surface area contributed by atoms with Crippen LogP contribution >= 0.6 is 0 Å². The lowest BCUT2D eigenvalue weighted by molar-refractivity contribution is -0.151. The van der Waals surface area contributed by atoms with E-state index in [0.717, 1.165) is 32.1 Å². The van der Waals surface area contributed by atoms with Crippen LogP contribution in [0.15, 0.2) is 12.7 Å². The second kappa shape index (κ2) is 10.5. The second-order valence-corrected chi connectivity index (χ2v) is 7.27. The standard InChI is InChI=1S/C19H32O4/c1-4-16-12-10-8-6-5-7-9-11-13-22-17(20)14-19(2,3)15-18(21)23-16/h4,16H,1,5-15H2,2-3H3/t16-/m0/s1. The number of carbonyl (C=O) groups excluding carboxylic acids is 2. The molecule has 0 N–H and O–H groups in total. The molecule has 4 nitrogen and oxygen atoms in total. The average molecular weight is 324 g/mol. The van der Waals surface area contributed by atoms with Crippen LogP contribution in [0.2, 0.25) is 0 Å². The quantitative estimate of drug-likeness (QED) is 0.524. The van der Waals surface area contributed by atoms with Crippen molar-refractivity contribution in [2.75, 3.05) is 6.61 Å². The van der Waals surface area contributed by atoms with Crippen molar-refractivity contribution in [2.24, 2.45) is 5.41 Å². The van der Waals surface area contributed by atoms with Crippen molar-refractivity contribution in [3.63, 3.8) is 0 Å². The molecular formula is C19H32O4. The molecule has 0 unspecified atom stereocenters. The number of hydrogen-bond acceptors (Lipinski definition) is 4. The molecule has 0 aliphatic carbocycles.